The second-order valence-electron chi connectivity index (χ2n) is 8.44. The van der Waals surface area contributed by atoms with E-state index in [0.717, 1.165) is 80.4 Å². The Morgan fingerprint density at radius 1 is 0.816 bits per heavy atom. The number of aromatic nitrogens is 3. The van der Waals surface area contributed by atoms with Gasteiger partial charge in [0, 0.05) is 55.1 Å². The molecule has 0 unspecified atom stereocenters. The minimum atomic E-state index is -0.345. The Labute approximate surface area is 237 Å². The van der Waals surface area contributed by atoms with Crippen LogP contribution in [0.1, 0.15) is 49.8 Å². The van der Waals surface area contributed by atoms with Crippen molar-refractivity contribution < 1.29 is 10.1 Å². The second-order valence-corrected chi connectivity index (χ2v) is 8.44. The van der Waals surface area contributed by atoms with Crippen LogP contribution in [0.15, 0.2) is 33.5 Å². The molecule has 13 heteroatoms. The van der Waals surface area contributed by atoms with E-state index in [1.807, 2.05) is 25.1 Å². The fourth-order valence-corrected chi connectivity index (χ4v) is 4.41. The number of nitrogens with one attached hydrogen (secondary N) is 1. The molecule has 2 aromatic heterocycles. The summed E-state index contributed by atoms with van der Waals surface area (Å²) in [6.45, 7) is 5.81. The molecule has 11 N–H and O–H groups in total. The summed E-state index contributed by atoms with van der Waals surface area (Å²) in [5.74, 6) is 1.99. The Bertz CT molecular complexity index is 1130. The fourth-order valence-electron chi connectivity index (χ4n) is 4.41. The average Bonchev–Trinajstić information content (AvgIpc) is 2.91. The van der Waals surface area contributed by atoms with Gasteiger partial charge in [-0.15, -0.1) is 12.4 Å². The highest BCUT2D eigenvalue weighted by Crippen LogP contribution is 2.26. The molecule has 2 saturated heterocycles. The van der Waals surface area contributed by atoms with Gasteiger partial charge in [0.2, 0.25) is 17.8 Å². The van der Waals surface area contributed by atoms with Crippen LogP contribution in [0.3, 0.4) is 0 Å². The molecule has 38 heavy (non-hydrogen) atoms. The van der Waals surface area contributed by atoms with Gasteiger partial charge in [-0.2, -0.15) is 15.0 Å². The van der Waals surface area contributed by atoms with E-state index >= 15 is 0 Å². The van der Waals surface area contributed by atoms with Crippen molar-refractivity contribution in [3.63, 3.8) is 0 Å². The molecule has 0 aliphatic carbocycles. The highest BCUT2D eigenvalue weighted by Gasteiger charge is 2.20. The molecule has 2 aliphatic rings. The number of halogens is 1. The average molecular weight is 561 g/mol. The summed E-state index contributed by atoms with van der Waals surface area (Å²) in [5, 5.41) is 4.24. The van der Waals surface area contributed by atoms with Crippen LogP contribution in [0.25, 0.3) is 11.0 Å². The molecule has 2 fully saturated rings. The van der Waals surface area contributed by atoms with Gasteiger partial charge in [-0.3, -0.25) is 0 Å². The predicted molar refractivity (Wildman–Crippen MR) is 168 cm³/mol. The van der Waals surface area contributed by atoms with Crippen molar-refractivity contribution in [2.75, 3.05) is 55.4 Å². The predicted octanol–water partition coefficient (Wildman–Crippen LogP) is 4.89. The zero-order valence-corrected chi connectivity index (χ0v) is 23.7. The molecule has 2 aliphatic heterocycles. The summed E-state index contributed by atoms with van der Waals surface area (Å²) in [6, 6.07) is 7.25. The number of aryl methyl sites for hydroxylation is 1. The molecule has 5 rings (SSSR count). The minimum Gasteiger partial charge on any atom is -0.423 e. The van der Waals surface area contributed by atoms with Crippen LogP contribution in [0, 0.1) is 6.92 Å². The van der Waals surface area contributed by atoms with E-state index in [1.165, 1.54) is 33.0 Å². The Morgan fingerprint density at radius 3 is 1.82 bits per heavy atom. The van der Waals surface area contributed by atoms with Gasteiger partial charge in [0.05, 0.1) is 0 Å². The first-order valence-corrected chi connectivity index (χ1v) is 12.4. The third-order valence-electron chi connectivity index (χ3n) is 6.10. The summed E-state index contributed by atoms with van der Waals surface area (Å²) < 4.78 is 5.39. The van der Waals surface area contributed by atoms with Crippen LogP contribution < -0.4 is 44.5 Å². The minimum absolute atomic E-state index is 0. The Hall–Kier alpha value is -3.03. The second kappa shape index (κ2) is 17.5. The molecular formula is C25H53ClN10O2. The molecule has 4 heterocycles. The van der Waals surface area contributed by atoms with Gasteiger partial charge in [0.15, 0.2) is 0 Å². The normalized spacial score (nSPS) is 14.3. The molecule has 12 nitrogen and oxygen atoms in total. The van der Waals surface area contributed by atoms with Gasteiger partial charge in [0.25, 0.3) is 0 Å². The number of piperidine rings is 2. The number of hydrogen-bond acceptors (Lipinski definition) is 12. The van der Waals surface area contributed by atoms with E-state index in [9.17, 15) is 4.79 Å². The van der Waals surface area contributed by atoms with Crippen LogP contribution in [0.5, 0.6) is 0 Å². The molecule has 222 valence electrons. The van der Waals surface area contributed by atoms with E-state index in [2.05, 4.69) is 26.6 Å². The maximum Gasteiger partial charge on any atom is 0.336 e. The molecule has 3 aromatic rings. The summed E-state index contributed by atoms with van der Waals surface area (Å²) in [6.07, 6.45) is 7.17. The quantitative estimate of drug-likeness (QED) is 0.270. The molecular weight excluding hydrogens is 508 g/mol. The molecule has 0 bridgehead atoms. The number of rotatable bonds is 4. The number of nitrogens with zero attached hydrogens (tertiary/aromatic N) is 5. The van der Waals surface area contributed by atoms with E-state index in [4.69, 9.17) is 19.4 Å². The van der Waals surface area contributed by atoms with Crippen LogP contribution in [-0.2, 0) is 0 Å². The van der Waals surface area contributed by atoms with Crippen molar-refractivity contribution in [2.45, 2.75) is 45.4 Å². The van der Waals surface area contributed by atoms with Crippen molar-refractivity contribution in [2.24, 2.45) is 11.5 Å². The maximum absolute atomic E-state index is 11.8. The van der Waals surface area contributed by atoms with Crippen molar-refractivity contribution >= 4 is 46.9 Å². The van der Waals surface area contributed by atoms with E-state index in [0.29, 0.717) is 11.5 Å². The number of fused-ring (bicyclic) bond motifs is 1. The van der Waals surface area contributed by atoms with Gasteiger partial charge in [-0.25, -0.2) is 4.79 Å². The SMILES string of the molecule is CN.CN.Cc1cc(=O)oc2cc(Nc3nc(N4CCCCC4)nc(N4CCCCC4)n3)ccc12.Cl.N.N.[HH].[HH].[HH].[HH]. The zero-order valence-electron chi connectivity index (χ0n) is 22.9. The van der Waals surface area contributed by atoms with Crippen LogP contribution in [0.4, 0.5) is 23.5 Å². The van der Waals surface area contributed by atoms with E-state index < -0.39 is 0 Å². The van der Waals surface area contributed by atoms with Gasteiger partial charge < -0.3 is 43.3 Å². The Kier molecular flexibility index (Phi) is 16.1. The Morgan fingerprint density at radius 2 is 1.32 bits per heavy atom. The molecule has 0 radical (unpaired) electrons. The lowest BCUT2D eigenvalue weighted by Gasteiger charge is -2.30. The van der Waals surface area contributed by atoms with E-state index in [1.54, 1.807) is 0 Å². The summed E-state index contributed by atoms with van der Waals surface area (Å²) in [5.41, 5.74) is 10.9. The Balaban J connectivity index is -0.000000399. The first kappa shape index (κ1) is 35.0. The van der Waals surface area contributed by atoms with Crippen molar-refractivity contribution in [3.05, 3.63) is 40.2 Å². The lowest BCUT2D eigenvalue weighted by atomic mass is 10.1. The molecule has 0 saturated carbocycles. The summed E-state index contributed by atoms with van der Waals surface area (Å²) in [4.78, 5) is 30.6. The number of nitrogens with two attached hydrogens (primary N) is 2. The monoisotopic (exact) mass is 560 g/mol. The van der Waals surface area contributed by atoms with Crippen LogP contribution in [-0.4, -0.2) is 55.2 Å². The molecule has 1 aromatic carbocycles. The van der Waals surface area contributed by atoms with Crippen molar-refractivity contribution in [1.82, 2.24) is 27.3 Å². The lowest BCUT2D eigenvalue weighted by molar-refractivity contribution is 0.556. The molecule has 0 amide bonds. The number of hydrogen-bond donors (Lipinski definition) is 5. The first-order chi connectivity index (χ1) is 17.2. The fraction of sp³-hybridized carbons (Fsp3) is 0.520. The van der Waals surface area contributed by atoms with Crippen molar-refractivity contribution in [3.8, 4) is 0 Å². The maximum atomic E-state index is 11.8. The summed E-state index contributed by atoms with van der Waals surface area (Å²) in [7, 11) is 3.00. The molecule has 0 atom stereocenters. The number of anilines is 4. The lowest BCUT2D eigenvalue weighted by Crippen LogP contribution is -2.34. The topological polar surface area (TPSA) is 209 Å². The van der Waals surface area contributed by atoms with Crippen LogP contribution >= 0.6 is 12.4 Å². The highest BCUT2D eigenvalue weighted by atomic mass is 35.5. The standard InChI is InChI=1S/C23H28N6O2.2CH5N.ClH.2H3N.4H2/c1-16-14-20(30)31-19-15-17(8-9-18(16)19)24-21-25-22(28-10-4-2-5-11-28)27-23(26-21)29-12-6-3-7-13-29;2*1-2;;;;;;;/h8-9,14-15H,2-7,10-13H2,1H3,(H,24,25,26,27);2*2H2,1H3;1H;2*1H3;4*1H. The van der Waals surface area contributed by atoms with Gasteiger partial charge in [0.1, 0.15) is 5.58 Å². The van der Waals surface area contributed by atoms with Crippen LogP contribution in [0.2, 0.25) is 0 Å². The van der Waals surface area contributed by atoms with Gasteiger partial charge >= 0.3 is 5.63 Å². The van der Waals surface area contributed by atoms with Gasteiger partial charge in [-0.1, -0.05) is 0 Å². The largest absolute Gasteiger partial charge is 0.423 e. The third-order valence-corrected chi connectivity index (χ3v) is 6.10. The summed E-state index contributed by atoms with van der Waals surface area (Å²) >= 11 is 0. The van der Waals surface area contributed by atoms with Crippen molar-refractivity contribution in [1.29, 1.82) is 0 Å². The highest BCUT2D eigenvalue weighted by molar-refractivity contribution is 5.85. The molecule has 0 spiro atoms. The van der Waals surface area contributed by atoms with E-state index in [-0.39, 0.29) is 36.0 Å². The first-order valence-electron chi connectivity index (χ1n) is 12.4. The smallest absolute Gasteiger partial charge is 0.336 e. The van der Waals surface area contributed by atoms with Gasteiger partial charge in [-0.05, 0) is 77.2 Å². The third kappa shape index (κ3) is 8.77. The number of benzene rings is 1. The zero-order chi connectivity index (χ0) is 25.2.